The van der Waals surface area contributed by atoms with Crippen LogP contribution in [0.1, 0.15) is 28.7 Å². The van der Waals surface area contributed by atoms with Gasteiger partial charge in [-0.3, -0.25) is 9.48 Å². The van der Waals surface area contributed by atoms with Gasteiger partial charge in [-0.15, -0.1) is 0 Å². The summed E-state index contributed by atoms with van der Waals surface area (Å²) in [6.07, 6.45) is 0.799. The lowest BCUT2D eigenvalue weighted by atomic mass is 10.1. The fraction of sp³-hybridized carbons (Fsp3) is 0.286. The van der Waals surface area contributed by atoms with Crippen LogP contribution in [0.15, 0.2) is 18.2 Å². The average Bonchev–Trinajstić information content (AvgIpc) is 2.69. The summed E-state index contributed by atoms with van der Waals surface area (Å²) in [4.78, 5) is 12.2. The van der Waals surface area contributed by atoms with E-state index in [0.717, 1.165) is 5.69 Å². The molecular weight excluding hydrogens is 302 g/mol. The van der Waals surface area contributed by atoms with Crippen molar-refractivity contribution in [3.05, 3.63) is 51.0 Å². The monoisotopic (exact) mass is 314 g/mol. The lowest BCUT2D eigenvalue weighted by Crippen LogP contribution is -2.08. The van der Waals surface area contributed by atoms with Crippen molar-refractivity contribution in [1.29, 1.82) is 0 Å². The number of Topliss-reactive ketones (excluding diaryl/α,β-unsaturated/α-hetero) is 1. The maximum atomic E-state index is 13.1. The minimum Gasteiger partial charge on any atom is -0.294 e. The van der Waals surface area contributed by atoms with Crippen LogP contribution in [0.25, 0.3) is 0 Å². The highest BCUT2D eigenvalue weighted by Gasteiger charge is 2.17. The molecule has 0 aliphatic heterocycles. The molecule has 0 fully saturated rings. The van der Waals surface area contributed by atoms with Crippen LogP contribution >= 0.6 is 23.2 Å². The highest BCUT2D eigenvalue weighted by molar-refractivity contribution is 6.32. The molecule has 0 atom stereocenters. The van der Waals surface area contributed by atoms with Gasteiger partial charge in [0.15, 0.2) is 5.78 Å². The smallest absolute Gasteiger partial charge is 0.168 e. The first kappa shape index (κ1) is 15.0. The van der Waals surface area contributed by atoms with E-state index in [1.807, 2.05) is 6.92 Å². The van der Waals surface area contributed by atoms with Crippen molar-refractivity contribution in [3.8, 4) is 0 Å². The molecule has 0 bridgehead atoms. The number of halogens is 3. The van der Waals surface area contributed by atoms with Crippen molar-refractivity contribution in [3.63, 3.8) is 0 Å². The van der Waals surface area contributed by atoms with E-state index in [9.17, 15) is 9.18 Å². The van der Waals surface area contributed by atoms with Crippen molar-refractivity contribution in [2.24, 2.45) is 7.05 Å². The van der Waals surface area contributed by atoms with Crippen molar-refractivity contribution in [1.82, 2.24) is 9.78 Å². The summed E-state index contributed by atoms with van der Waals surface area (Å²) in [5, 5.41) is 4.70. The Balaban J connectivity index is 2.28. The average molecular weight is 315 g/mol. The zero-order valence-corrected chi connectivity index (χ0v) is 12.6. The van der Waals surface area contributed by atoms with Gasteiger partial charge in [0, 0.05) is 12.6 Å². The lowest BCUT2D eigenvalue weighted by Gasteiger charge is -2.04. The minimum atomic E-state index is -0.546. The number of rotatable bonds is 4. The van der Waals surface area contributed by atoms with E-state index in [4.69, 9.17) is 23.2 Å². The molecule has 1 heterocycles. The maximum absolute atomic E-state index is 13.1. The van der Waals surface area contributed by atoms with Gasteiger partial charge in [0.05, 0.1) is 27.9 Å². The van der Waals surface area contributed by atoms with Crippen LogP contribution in [-0.4, -0.2) is 15.6 Å². The highest BCUT2D eigenvalue weighted by atomic mass is 35.5. The van der Waals surface area contributed by atoms with Crippen LogP contribution in [-0.2, 0) is 19.9 Å². The van der Waals surface area contributed by atoms with Crippen LogP contribution in [0.2, 0.25) is 10.0 Å². The Morgan fingerprint density at radius 1 is 1.40 bits per heavy atom. The third-order valence-electron chi connectivity index (χ3n) is 3.07. The first-order chi connectivity index (χ1) is 9.43. The summed E-state index contributed by atoms with van der Waals surface area (Å²) in [6, 6.07) is 3.91. The fourth-order valence-electron chi connectivity index (χ4n) is 1.94. The topological polar surface area (TPSA) is 34.9 Å². The van der Waals surface area contributed by atoms with Gasteiger partial charge in [0.2, 0.25) is 0 Å². The largest absolute Gasteiger partial charge is 0.294 e. The number of ketones is 1. The third-order valence-corrected chi connectivity index (χ3v) is 3.80. The molecule has 3 nitrogen and oxygen atoms in total. The predicted octanol–water partition coefficient (Wildman–Crippen LogP) is 3.85. The van der Waals surface area contributed by atoms with Gasteiger partial charge in [0.1, 0.15) is 5.82 Å². The second-order valence-corrected chi connectivity index (χ2v) is 5.20. The first-order valence-corrected chi connectivity index (χ1v) is 6.88. The number of hydrogen-bond acceptors (Lipinski definition) is 2. The molecule has 1 aromatic heterocycles. The standard InChI is InChI=1S/C14H13Cl2FN2O/c1-3-11-14(16)12(19(2)18-11)7-13(20)8-4-5-10(17)9(15)6-8/h4-6H,3,7H2,1-2H3. The van der Waals surface area contributed by atoms with E-state index < -0.39 is 5.82 Å². The number of aromatic nitrogens is 2. The van der Waals surface area contributed by atoms with Gasteiger partial charge >= 0.3 is 0 Å². The Labute approximate surface area is 126 Å². The molecule has 106 valence electrons. The summed E-state index contributed by atoms with van der Waals surface area (Å²) in [5.74, 6) is -0.727. The Morgan fingerprint density at radius 2 is 2.10 bits per heavy atom. The summed E-state index contributed by atoms with van der Waals surface area (Å²) in [7, 11) is 1.74. The number of aryl methyl sites for hydroxylation is 2. The Kier molecular flexibility index (Phi) is 4.45. The SMILES string of the molecule is CCc1nn(C)c(CC(=O)c2ccc(F)c(Cl)c2)c1Cl. The molecule has 0 saturated heterocycles. The van der Waals surface area contributed by atoms with Crippen LogP contribution in [0.3, 0.4) is 0 Å². The molecule has 6 heteroatoms. The molecule has 20 heavy (non-hydrogen) atoms. The number of hydrogen-bond donors (Lipinski definition) is 0. The van der Waals surface area contributed by atoms with Crippen molar-refractivity contribution in [2.45, 2.75) is 19.8 Å². The van der Waals surface area contributed by atoms with Crippen molar-refractivity contribution < 1.29 is 9.18 Å². The molecule has 1 aromatic carbocycles. The molecule has 2 aromatic rings. The van der Waals surface area contributed by atoms with Gasteiger partial charge in [-0.25, -0.2) is 4.39 Å². The van der Waals surface area contributed by atoms with Crippen molar-refractivity contribution in [2.75, 3.05) is 0 Å². The van der Waals surface area contributed by atoms with E-state index in [0.29, 0.717) is 22.7 Å². The van der Waals surface area contributed by atoms with E-state index in [1.54, 1.807) is 11.7 Å². The normalized spacial score (nSPS) is 10.8. The molecule has 0 aliphatic carbocycles. The lowest BCUT2D eigenvalue weighted by molar-refractivity contribution is 0.0990. The number of benzene rings is 1. The minimum absolute atomic E-state index is 0.0683. The van der Waals surface area contributed by atoms with E-state index >= 15 is 0 Å². The second kappa shape index (κ2) is 5.94. The molecule has 0 N–H and O–H groups in total. The van der Waals surface area contributed by atoms with E-state index in [2.05, 4.69) is 5.10 Å². The Hall–Kier alpha value is -1.39. The van der Waals surface area contributed by atoms with Crippen LogP contribution in [0.4, 0.5) is 4.39 Å². The maximum Gasteiger partial charge on any atom is 0.168 e. The quantitative estimate of drug-likeness (QED) is 0.803. The second-order valence-electron chi connectivity index (χ2n) is 4.41. The predicted molar refractivity (Wildman–Crippen MR) is 77.0 cm³/mol. The highest BCUT2D eigenvalue weighted by Crippen LogP contribution is 2.23. The number of carbonyl (C=O) groups excluding carboxylic acids is 1. The molecule has 0 unspecified atom stereocenters. The summed E-state index contributed by atoms with van der Waals surface area (Å²) < 4.78 is 14.7. The van der Waals surface area contributed by atoms with Gasteiger partial charge in [-0.2, -0.15) is 5.10 Å². The van der Waals surface area contributed by atoms with Crippen LogP contribution in [0, 0.1) is 5.82 Å². The summed E-state index contributed by atoms with van der Waals surface area (Å²) in [5.41, 5.74) is 1.76. The van der Waals surface area contributed by atoms with Crippen LogP contribution in [0.5, 0.6) is 0 Å². The molecule has 0 aliphatic rings. The first-order valence-electron chi connectivity index (χ1n) is 6.12. The van der Waals surface area contributed by atoms with Crippen LogP contribution < -0.4 is 0 Å². The Morgan fingerprint density at radius 3 is 2.65 bits per heavy atom. The summed E-state index contributed by atoms with van der Waals surface area (Å²) >= 11 is 11.9. The van der Waals surface area contributed by atoms with Gasteiger partial charge in [-0.1, -0.05) is 30.1 Å². The van der Waals surface area contributed by atoms with Gasteiger partial charge in [-0.05, 0) is 24.6 Å². The zero-order valence-electron chi connectivity index (χ0n) is 11.1. The number of carbonyl (C=O) groups is 1. The van der Waals surface area contributed by atoms with Crippen molar-refractivity contribution >= 4 is 29.0 Å². The Bertz CT molecular complexity index is 667. The molecule has 0 spiro atoms. The van der Waals surface area contributed by atoms with E-state index in [1.165, 1.54) is 18.2 Å². The van der Waals surface area contributed by atoms with Gasteiger partial charge < -0.3 is 0 Å². The fourth-order valence-corrected chi connectivity index (χ4v) is 2.48. The molecular formula is C14H13Cl2FN2O. The molecule has 0 radical (unpaired) electrons. The van der Waals surface area contributed by atoms with E-state index in [-0.39, 0.29) is 17.2 Å². The zero-order chi connectivity index (χ0) is 14.9. The molecule has 2 rings (SSSR count). The van der Waals surface area contributed by atoms with Gasteiger partial charge in [0.25, 0.3) is 0 Å². The summed E-state index contributed by atoms with van der Waals surface area (Å²) in [6.45, 7) is 1.94. The molecule has 0 amide bonds. The third kappa shape index (κ3) is 2.86. The molecule has 0 saturated carbocycles. The number of nitrogens with zero attached hydrogens (tertiary/aromatic N) is 2.